The maximum Gasteiger partial charge on any atom is 0.0543 e. The molecule has 1 aliphatic rings. The van der Waals surface area contributed by atoms with E-state index in [4.69, 9.17) is 11.6 Å². The van der Waals surface area contributed by atoms with Gasteiger partial charge in [-0.05, 0) is 19.8 Å². The van der Waals surface area contributed by atoms with Crippen molar-refractivity contribution in [1.29, 1.82) is 0 Å². The molecule has 2 atom stereocenters. The molecule has 0 N–H and O–H groups in total. The SMILES string of the molecule is CC1(Cl)CCCCC1Br. The van der Waals surface area contributed by atoms with Crippen molar-refractivity contribution in [3.8, 4) is 0 Å². The van der Waals surface area contributed by atoms with E-state index in [0.29, 0.717) is 4.83 Å². The molecular formula is C7H12BrCl. The monoisotopic (exact) mass is 210 g/mol. The van der Waals surface area contributed by atoms with Crippen molar-refractivity contribution >= 4 is 27.5 Å². The Labute approximate surface area is 70.1 Å². The van der Waals surface area contributed by atoms with Crippen molar-refractivity contribution in [2.75, 3.05) is 0 Å². The van der Waals surface area contributed by atoms with Crippen molar-refractivity contribution in [3.63, 3.8) is 0 Å². The molecule has 0 aromatic rings. The zero-order valence-electron chi connectivity index (χ0n) is 5.66. The Bertz CT molecular complexity index is 101. The van der Waals surface area contributed by atoms with Crippen molar-refractivity contribution in [2.24, 2.45) is 0 Å². The highest BCUT2D eigenvalue weighted by Crippen LogP contribution is 2.38. The summed E-state index contributed by atoms with van der Waals surface area (Å²) in [7, 11) is 0. The lowest BCUT2D eigenvalue weighted by Crippen LogP contribution is -2.32. The predicted octanol–water partition coefficient (Wildman–Crippen LogP) is 3.32. The molecule has 1 aliphatic carbocycles. The number of rotatable bonds is 0. The van der Waals surface area contributed by atoms with Gasteiger partial charge >= 0.3 is 0 Å². The molecule has 0 aromatic heterocycles. The smallest absolute Gasteiger partial charge is 0.0543 e. The van der Waals surface area contributed by atoms with E-state index in [0.717, 1.165) is 6.42 Å². The van der Waals surface area contributed by atoms with Crippen LogP contribution < -0.4 is 0 Å². The average molecular weight is 212 g/mol. The van der Waals surface area contributed by atoms with Crippen LogP contribution in [0.4, 0.5) is 0 Å². The summed E-state index contributed by atoms with van der Waals surface area (Å²) in [6.45, 7) is 2.12. The van der Waals surface area contributed by atoms with Crippen LogP contribution in [0.25, 0.3) is 0 Å². The fourth-order valence-corrected chi connectivity index (χ4v) is 2.05. The van der Waals surface area contributed by atoms with Crippen LogP contribution in [-0.2, 0) is 0 Å². The van der Waals surface area contributed by atoms with E-state index in [9.17, 15) is 0 Å². The van der Waals surface area contributed by atoms with E-state index >= 15 is 0 Å². The second kappa shape index (κ2) is 2.79. The molecule has 2 heteroatoms. The van der Waals surface area contributed by atoms with Crippen molar-refractivity contribution < 1.29 is 0 Å². The quantitative estimate of drug-likeness (QED) is 0.539. The van der Waals surface area contributed by atoms with E-state index in [1.54, 1.807) is 0 Å². The summed E-state index contributed by atoms with van der Waals surface area (Å²) in [4.78, 5) is 0.554. The first-order chi connectivity index (χ1) is 4.13. The lowest BCUT2D eigenvalue weighted by Gasteiger charge is -2.32. The molecule has 0 bridgehead atoms. The standard InChI is InChI=1S/C7H12BrCl/c1-7(9)5-3-2-4-6(7)8/h6H,2-5H2,1H3. The Balaban J connectivity index is 2.49. The fourth-order valence-electron chi connectivity index (χ4n) is 1.25. The highest BCUT2D eigenvalue weighted by atomic mass is 79.9. The van der Waals surface area contributed by atoms with E-state index in [-0.39, 0.29) is 4.87 Å². The van der Waals surface area contributed by atoms with Crippen LogP contribution in [0.5, 0.6) is 0 Å². The van der Waals surface area contributed by atoms with Crippen molar-refractivity contribution in [1.82, 2.24) is 0 Å². The molecule has 2 unspecified atom stereocenters. The summed E-state index contributed by atoms with van der Waals surface area (Å²) in [5.74, 6) is 0. The predicted molar refractivity (Wildman–Crippen MR) is 45.4 cm³/mol. The van der Waals surface area contributed by atoms with E-state index in [1.807, 2.05) is 0 Å². The average Bonchev–Trinajstić information content (AvgIpc) is 1.77. The third kappa shape index (κ3) is 1.84. The molecule has 0 aliphatic heterocycles. The normalized spacial score (nSPS) is 45.0. The first-order valence-electron chi connectivity index (χ1n) is 3.46. The van der Waals surface area contributed by atoms with Gasteiger partial charge in [0.25, 0.3) is 0 Å². The molecule has 1 saturated carbocycles. The van der Waals surface area contributed by atoms with Gasteiger partial charge in [0.05, 0.1) is 4.87 Å². The van der Waals surface area contributed by atoms with Gasteiger partial charge in [0, 0.05) is 4.83 Å². The minimum Gasteiger partial charge on any atom is -0.118 e. The molecule has 1 fully saturated rings. The molecule has 0 nitrogen and oxygen atoms in total. The Morgan fingerprint density at radius 1 is 1.56 bits per heavy atom. The number of hydrogen-bond acceptors (Lipinski definition) is 0. The Hall–Kier alpha value is 0.770. The van der Waals surface area contributed by atoms with Crippen molar-refractivity contribution in [3.05, 3.63) is 0 Å². The molecule has 0 radical (unpaired) electrons. The van der Waals surface area contributed by atoms with Gasteiger partial charge in [0.15, 0.2) is 0 Å². The molecule has 0 heterocycles. The van der Waals surface area contributed by atoms with Crippen LogP contribution in [0, 0.1) is 0 Å². The molecule has 1 rings (SSSR count). The van der Waals surface area contributed by atoms with Gasteiger partial charge in [-0.2, -0.15) is 0 Å². The van der Waals surface area contributed by atoms with Gasteiger partial charge in [-0.3, -0.25) is 0 Å². The molecule has 0 spiro atoms. The summed E-state index contributed by atoms with van der Waals surface area (Å²) >= 11 is 9.75. The molecule has 54 valence electrons. The third-order valence-electron chi connectivity index (χ3n) is 2.03. The molecule has 9 heavy (non-hydrogen) atoms. The summed E-state index contributed by atoms with van der Waals surface area (Å²) in [6, 6.07) is 0. The number of alkyl halides is 2. The van der Waals surface area contributed by atoms with Crippen LogP contribution in [0.3, 0.4) is 0 Å². The number of halogens is 2. The van der Waals surface area contributed by atoms with E-state index < -0.39 is 0 Å². The van der Waals surface area contributed by atoms with Crippen LogP contribution in [0.15, 0.2) is 0 Å². The van der Waals surface area contributed by atoms with Gasteiger partial charge in [0.1, 0.15) is 0 Å². The summed E-state index contributed by atoms with van der Waals surface area (Å²) in [5, 5.41) is 0. The lowest BCUT2D eigenvalue weighted by molar-refractivity contribution is 0.431. The van der Waals surface area contributed by atoms with Crippen LogP contribution in [-0.4, -0.2) is 9.70 Å². The second-order valence-corrected chi connectivity index (χ2v) is 4.96. The van der Waals surface area contributed by atoms with Gasteiger partial charge in [-0.15, -0.1) is 11.6 Å². The van der Waals surface area contributed by atoms with Gasteiger partial charge in [-0.25, -0.2) is 0 Å². The Kier molecular flexibility index (Phi) is 2.44. The third-order valence-corrected chi connectivity index (χ3v) is 4.21. The summed E-state index contributed by atoms with van der Waals surface area (Å²) in [6.07, 6.45) is 5.02. The highest BCUT2D eigenvalue weighted by molar-refractivity contribution is 9.09. The van der Waals surface area contributed by atoms with Gasteiger partial charge in [0.2, 0.25) is 0 Å². The Morgan fingerprint density at radius 3 is 2.56 bits per heavy atom. The zero-order valence-corrected chi connectivity index (χ0v) is 8.00. The maximum atomic E-state index is 6.18. The van der Waals surface area contributed by atoms with Crippen LogP contribution in [0.1, 0.15) is 32.6 Å². The van der Waals surface area contributed by atoms with E-state index in [2.05, 4.69) is 22.9 Å². The second-order valence-electron chi connectivity index (χ2n) is 2.99. The maximum absolute atomic E-state index is 6.18. The topological polar surface area (TPSA) is 0 Å². The van der Waals surface area contributed by atoms with Crippen molar-refractivity contribution in [2.45, 2.75) is 42.3 Å². The lowest BCUT2D eigenvalue weighted by atomic mass is 9.90. The van der Waals surface area contributed by atoms with E-state index in [1.165, 1.54) is 19.3 Å². The van der Waals surface area contributed by atoms with Crippen LogP contribution in [0.2, 0.25) is 0 Å². The molecule has 0 aromatic carbocycles. The summed E-state index contributed by atoms with van der Waals surface area (Å²) in [5.41, 5.74) is 0. The van der Waals surface area contributed by atoms with Gasteiger partial charge < -0.3 is 0 Å². The number of hydrogen-bond donors (Lipinski definition) is 0. The summed E-state index contributed by atoms with van der Waals surface area (Å²) < 4.78 is 0. The van der Waals surface area contributed by atoms with Crippen LogP contribution >= 0.6 is 27.5 Å². The fraction of sp³-hybridized carbons (Fsp3) is 1.00. The molecular weight excluding hydrogens is 199 g/mol. The minimum absolute atomic E-state index is 0.0260. The minimum atomic E-state index is 0.0260. The Morgan fingerprint density at radius 2 is 2.22 bits per heavy atom. The molecule has 0 amide bonds. The zero-order chi connectivity index (χ0) is 6.91. The first kappa shape index (κ1) is 7.87. The molecule has 0 saturated heterocycles. The highest BCUT2D eigenvalue weighted by Gasteiger charge is 2.32. The first-order valence-corrected chi connectivity index (χ1v) is 4.75. The van der Waals surface area contributed by atoms with Gasteiger partial charge in [-0.1, -0.05) is 28.8 Å². The largest absolute Gasteiger partial charge is 0.118 e.